The Kier molecular flexibility index (Phi) is 3.28. The lowest BCUT2D eigenvalue weighted by atomic mass is 10.3. The second kappa shape index (κ2) is 5.09. The fraction of sp³-hybridized carbons (Fsp3) is 0.214. The lowest BCUT2D eigenvalue weighted by Crippen LogP contribution is -1.98. The van der Waals surface area contributed by atoms with E-state index in [2.05, 4.69) is 15.0 Å². The van der Waals surface area contributed by atoms with Crippen LogP contribution in [-0.4, -0.2) is 26.1 Å². The van der Waals surface area contributed by atoms with Gasteiger partial charge in [0.1, 0.15) is 23.4 Å². The Morgan fingerprint density at radius 2 is 1.95 bits per heavy atom. The minimum atomic E-state index is 0.393. The van der Waals surface area contributed by atoms with Gasteiger partial charge in [0.05, 0.1) is 6.61 Å². The smallest absolute Gasteiger partial charge is 0.182 e. The summed E-state index contributed by atoms with van der Waals surface area (Å²) in [4.78, 5) is 12.6. The van der Waals surface area contributed by atoms with Crippen LogP contribution in [0.15, 0.2) is 30.6 Å². The summed E-state index contributed by atoms with van der Waals surface area (Å²) in [7, 11) is 0. The second-order valence-corrected chi connectivity index (χ2v) is 4.62. The Morgan fingerprint density at radius 3 is 2.65 bits per heavy atom. The third-order valence-electron chi connectivity index (χ3n) is 2.98. The first-order valence-electron chi connectivity index (χ1n) is 6.29. The lowest BCUT2D eigenvalue weighted by molar-refractivity contribution is 0.340. The van der Waals surface area contributed by atoms with Gasteiger partial charge in [0.2, 0.25) is 0 Å². The minimum Gasteiger partial charge on any atom is -0.494 e. The van der Waals surface area contributed by atoms with Crippen LogP contribution in [0, 0.1) is 6.92 Å². The van der Waals surface area contributed by atoms with Gasteiger partial charge in [0.25, 0.3) is 0 Å². The lowest BCUT2D eigenvalue weighted by Gasteiger charge is -2.08. The van der Waals surface area contributed by atoms with Crippen LogP contribution < -0.4 is 4.74 Å². The van der Waals surface area contributed by atoms with Crippen molar-refractivity contribution in [1.29, 1.82) is 0 Å². The molecule has 0 unspecified atom stereocenters. The zero-order valence-corrected chi connectivity index (χ0v) is 11.9. The summed E-state index contributed by atoms with van der Waals surface area (Å²) >= 11 is 6.17. The van der Waals surface area contributed by atoms with Crippen molar-refractivity contribution in [2.24, 2.45) is 0 Å². The molecule has 0 aliphatic carbocycles. The quantitative estimate of drug-likeness (QED) is 0.695. The van der Waals surface area contributed by atoms with E-state index in [1.807, 2.05) is 42.7 Å². The predicted octanol–water partition coefficient (Wildman–Crippen LogP) is 3.18. The topological polar surface area (TPSA) is 52.8 Å². The number of hydrogen-bond acceptors (Lipinski definition) is 4. The Balaban J connectivity index is 2.16. The maximum absolute atomic E-state index is 6.17. The van der Waals surface area contributed by atoms with Crippen LogP contribution in [0.1, 0.15) is 12.7 Å². The summed E-state index contributed by atoms with van der Waals surface area (Å²) in [6.45, 7) is 4.51. The van der Waals surface area contributed by atoms with Gasteiger partial charge in [-0.1, -0.05) is 11.6 Å². The molecule has 0 spiro atoms. The van der Waals surface area contributed by atoms with Crippen molar-refractivity contribution in [2.75, 3.05) is 6.61 Å². The highest BCUT2D eigenvalue weighted by molar-refractivity contribution is 6.33. The van der Waals surface area contributed by atoms with Crippen molar-refractivity contribution >= 4 is 22.8 Å². The molecule has 0 bridgehead atoms. The molecule has 0 aliphatic heterocycles. The van der Waals surface area contributed by atoms with Crippen molar-refractivity contribution in [3.63, 3.8) is 0 Å². The van der Waals surface area contributed by atoms with Crippen molar-refractivity contribution in [3.05, 3.63) is 41.6 Å². The van der Waals surface area contributed by atoms with Gasteiger partial charge in [-0.2, -0.15) is 0 Å². The zero-order chi connectivity index (χ0) is 14.1. The number of ether oxygens (including phenoxy) is 1. The molecule has 5 nitrogen and oxygen atoms in total. The van der Waals surface area contributed by atoms with Gasteiger partial charge in [0, 0.05) is 5.69 Å². The molecule has 0 fully saturated rings. The average molecular weight is 289 g/mol. The Bertz CT molecular complexity index is 752. The third-order valence-corrected chi connectivity index (χ3v) is 3.26. The van der Waals surface area contributed by atoms with Gasteiger partial charge in [-0.05, 0) is 38.1 Å². The molecule has 0 aliphatic rings. The highest BCUT2D eigenvalue weighted by atomic mass is 35.5. The van der Waals surface area contributed by atoms with Crippen molar-refractivity contribution in [2.45, 2.75) is 13.8 Å². The van der Waals surface area contributed by atoms with Gasteiger partial charge in [-0.25, -0.2) is 15.0 Å². The van der Waals surface area contributed by atoms with Crippen molar-refractivity contribution in [3.8, 4) is 11.4 Å². The molecule has 20 heavy (non-hydrogen) atoms. The average Bonchev–Trinajstić information content (AvgIpc) is 2.78. The van der Waals surface area contributed by atoms with Gasteiger partial charge < -0.3 is 4.74 Å². The molecule has 2 heterocycles. The maximum Gasteiger partial charge on any atom is 0.182 e. The first kappa shape index (κ1) is 12.9. The highest BCUT2D eigenvalue weighted by Crippen LogP contribution is 2.25. The van der Waals surface area contributed by atoms with Crippen molar-refractivity contribution in [1.82, 2.24) is 19.5 Å². The first-order chi connectivity index (χ1) is 9.70. The number of aromatic nitrogens is 4. The molecule has 6 heteroatoms. The van der Waals surface area contributed by atoms with E-state index >= 15 is 0 Å². The van der Waals surface area contributed by atoms with E-state index in [1.54, 1.807) is 0 Å². The highest BCUT2D eigenvalue weighted by Gasteiger charge is 2.14. The Morgan fingerprint density at radius 1 is 1.20 bits per heavy atom. The summed E-state index contributed by atoms with van der Waals surface area (Å²) < 4.78 is 7.38. The van der Waals surface area contributed by atoms with Crippen LogP contribution in [0.2, 0.25) is 5.15 Å². The molecule has 0 N–H and O–H groups in total. The maximum atomic E-state index is 6.17. The van der Waals surface area contributed by atoms with Crippen molar-refractivity contribution < 1.29 is 4.74 Å². The summed E-state index contributed by atoms with van der Waals surface area (Å²) in [6, 6.07) is 7.76. The van der Waals surface area contributed by atoms with Crippen LogP contribution in [0.25, 0.3) is 16.9 Å². The number of fused-ring (bicyclic) bond motifs is 1. The predicted molar refractivity (Wildman–Crippen MR) is 77.6 cm³/mol. The fourth-order valence-electron chi connectivity index (χ4n) is 2.16. The van der Waals surface area contributed by atoms with Gasteiger partial charge in [-0.15, -0.1) is 0 Å². The molecule has 0 atom stereocenters. The molecule has 3 rings (SSSR count). The minimum absolute atomic E-state index is 0.393. The second-order valence-electron chi connectivity index (χ2n) is 4.26. The van der Waals surface area contributed by atoms with Crippen LogP contribution in [0.4, 0.5) is 0 Å². The van der Waals surface area contributed by atoms with E-state index in [-0.39, 0.29) is 0 Å². The van der Waals surface area contributed by atoms with Crippen LogP contribution in [0.3, 0.4) is 0 Å². The SMILES string of the molecule is CCOc1ccc(-n2c(C)nc3ncnc(Cl)c32)cc1. The number of rotatable bonds is 3. The van der Waals surface area contributed by atoms with Crippen LogP contribution >= 0.6 is 11.6 Å². The van der Waals surface area contributed by atoms with Crippen LogP contribution in [-0.2, 0) is 0 Å². The largest absolute Gasteiger partial charge is 0.494 e. The third kappa shape index (κ3) is 2.10. The van der Waals surface area contributed by atoms with E-state index in [4.69, 9.17) is 16.3 Å². The normalized spacial score (nSPS) is 10.9. The number of nitrogens with zero attached hydrogens (tertiary/aromatic N) is 4. The van der Waals surface area contributed by atoms with E-state index < -0.39 is 0 Å². The van der Waals surface area contributed by atoms with E-state index in [0.29, 0.717) is 17.4 Å². The van der Waals surface area contributed by atoms with Gasteiger partial charge >= 0.3 is 0 Å². The van der Waals surface area contributed by atoms with E-state index in [9.17, 15) is 0 Å². The summed E-state index contributed by atoms with van der Waals surface area (Å²) in [5.74, 6) is 1.65. The molecular weight excluding hydrogens is 276 g/mol. The zero-order valence-electron chi connectivity index (χ0n) is 11.2. The van der Waals surface area contributed by atoms with Gasteiger partial charge in [-0.3, -0.25) is 4.57 Å². The molecule has 0 saturated carbocycles. The monoisotopic (exact) mass is 288 g/mol. The number of halogens is 1. The summed E-state index contributed by atoms with van der Waals surface area (Å²) in [6.07, 6.45) is 1.42. The number of benzene rings is 1. The van der Waals surface area contributed by atoms with E-state index in [0.717, 1.165) is 22.8 Å². The molecule has 3 aromatic rings. The first-order valence-corrected chi connectivity index (χ1v) is 6.67. The molecule has 0 amide bonds. The fourth-order valence-corrected chi connectivity index (χ4v) is 2.37. The summed E-state index contributed by atoms with van der Waals surface area (Å²) in [5, 5.41) is 0.393. The Hall–Kier alpha value is -2.14. The molecule has 0 radical (unpaired) electrons. The van der Waals surface area contributed by atoms with Crippen LogP contribution in [0.5, 0.6) is 5.75 Å². The molecule has 2 aromatic heterocycles. The molecule has 1 aromatic carbocycles. The molecule has 102 valence electrons. The molecular formula is C14H13ClN4O. The van der Waals surface area contributed by atoms with E-state index in [1.165, 1.54) is 6.33 Å². The van der Waals surface area contributed by atoms with Gasteiger partial charge in [0.15, 0.2) is 10.8 Å². The number of aryl methyl sites for hydroxylation is 1. The number of hydrogen-bond donors (Lipinski definition) is 0. The molecule has 0 saturated heterocycles. The summed E-state index contributed by atoms with van der Waals surface area (Å²) in [5.41, 5.74) is 2.26. The standard InChI is InChI=1S/C14H13ClN4O/c1-3-20-11-6-4-10(5-7-11)19-9(2)18-14-12(19)13(15)16-8-17-14/h4-8H,3H2,1-2H3. The Labute approximate surface area is 121 Å². The number of imidazole rings is 1.